The summed E-state index contributed by atoms with van der Waals surface area (Å²) in [6.07, 6.45) is 4.15. The van der Waals surface area contributed by atoms with Crippen molar-refractivity contribution in [2.24, 2.45) is 0 Å². The smallest absolute Gasteiger partial charge is 0.0959 e. The van der Waals surface area contributed by atoms with Gasteiger partial charge in [-0.25, -0.2) is 4.98 Å². The lowest BCUT2D eigenvalue weighted by Crippen LogP contribution is -2.40. The lowest BCUT2D eigenvalue weighted by atomic mass is 9.86. The summed E-state index contributed by atoms with van der Waals surface area (Å²) in [5.41, 5.74) is 1.34. The molecule has 1 aromatic heterocycles. The molecule has 0 amide bonds. The predicted octanol–water partition coefficient (Wildman–Crippen LogP) is 2.10. The fourth-order valence-electron chi connectivity index (χ4n) is 1.83. The van der Waals surface area contributed by atoms with Gasteiger partial charge < -0.3 is 5.32 Å². The van der Waals surface area contributed by atoms with Gasteiger partial charge in [0.15, 0.2) is 0 Å². The van der Waals surface area contributed by atoms with E-state index in [2.05, 4.69) is 10.7 Å². The van der Waals surface area contributed by atoms with Crippen molar-refractivity contribution < 1.29 is 0 Å². The van der Waals surface area contributed by atoms with Gasteiger partial charge in [0.1, 0.15) is 0 Å². The van der Waals surface area contributed by atoms with Crippen molar-refractivity contribution >= 4 is 11.3 Å². The number of aromatic nitrogens is 1. The van der Waals surface area contributed by atoms with Crippen LogP contribution in [0.3, 0.4) is 0 Å². The SMILES string of the molecule is c1sc(C2CCC2)nc1C1CNC1. The molecular weight excluding hydrogens is 180 g/mol. The molecule has 1 N–H and O–H groups in total. The molecule has 1 saturated carbocycles. The maximum atomic E-state index is 4.73. The zero-order chi connectivity index (χ0) is 8.67. The maximum Gasteiger partial charge on any atom is 0.0959 e. The molecule has 0 bridgehead atoms. The molecule has 3 heteroatoms. The summed E-state index contributed by atoms with van der Waals surface area (Å²) >= 11 is 1.87. The topological polar surface area (TPSA) is 24.9 Å². The molecule has 2 nitrogen and oxygen atoms in total. The zero-order valence-corrected chi connectivity index (χ0v) is 8.44. The summed E-state index contributed by atoms with van der Waals surface area (Å²) in [5, 5.41) is 6.95. The third kappa shape index (κ3) is 1.30. The van der Waals surface area contributed by atoms with Crippen molar-refractivity contribution in [1.29, 1.82) is 0 Å². The van der Waals surface area contributed by atoms with Gasteiger partial charge in [-0.1, -0.05) is 6.42 Å². The van der Waals surface area contributed by atoms with E-state index >= 15 is 0 Å². The van der Waals surface area contributed by atoms with Crippen molar-refractivity contribution in [3.63, 3.8) is 0 Å². The van der Waals surface area contributed by atoms with Crippen LogP contribution in [0.4, 0.5) is 0 Å². The molecule has 0 spiro atoms. The molecular formula is C10H14N2S. The Hall–Kier alpha value is -0.410. The van der Waals surface area contributed by atoms with Crippen LogP contribution in [0, 0.1) is 0 Å². The molecule has 0 radical (unpaired) electrons. The van der Waals surface area contributed by atoms with E-state index in [4.69, 9.17) is 4.98 Å². The lowest BCUT2D eigenvalue weighted by molar-refractivity contribution is 0.411. The summed E-state index contributed by atoms with van der Waals surface area (Å²) in [6, 6.07) is 0. The standard InChI is InChI=1S/C10H14N2S/c1-2-7(3-1)10-12-9(6-13-10)8-4-11-5-8/h6-8,11H,1-5H2. The van der Waals surface area contributed by atoms with E-state index in [9.17, 15) is 0 Å². The molecule has 0 unspecified atom stereocenters. The van der Waals surface area contributed by atoms with Crippen LogP contribution in [-0.4, -0.2) is 18.1 Å². The fourth-order valence-corrected chi connectivity index (χ4v) is 2.90. The van der Waals surface area contributed by atoms with E-state index in [-0.39, 0.29) is 0 Å². The molecule has 2 aliphatic rings. The highest BCUT2D eigenvalue weighted by Crippen LogP contribution is 2.38. The van der Waals surface area contributed by atoms with Crippen LogP contribution >= 0.6 is 11.3 Å². The molecule has 1 aliphatic carbocycles. The summed E-state index contributed by atoms with van der Waals surface area (Å²) in [7, 11) is 0. The van der Waals surface area contributed by atoms with Gasteiger partial charge in [0.2, 0.25) is 0 Å². The minimum atomic E-state index is 0.713. The van der Waals surface area contributed by atoms with Gasteiger partial charge in [-0.05, 0) is 12.8 Å². The van der Waals surface area contributed by atoms with Crippen molar-refractivity contribution in [2.75, 3.05) is 13.1 Å². The molecule has 0 aromatic carbocycles. The van der Waals surface area contributed by atoms with E-state index in [0.717, 1.165) is 19.0 Å². The van der Waals surface area contributed by atoms with E-state index in [1.807, 2.05) is 11.3 Å². The van der Waals surface area contributed by atoms with Crippen LogP contribution in [-0.2, 0) is 0 Å². The van der Waals surface area contributed by atoms with Crippen LogP contribution in [0.15, 0.2) is 5.38 Å². The Morgan fingerprint density at radius 2 is 2.15 bits per heavy atom. The van der Waals surface area contributed by atoms with Crippen LogP contribution < -0.4 is 5.32 Å². The second-order valence-corrected chi connectivity index (χ2v) is 4.98. The molecule has 0 atom stereocenters. The Bertz CT molecular complexity index is 271. The maximum absolute atomic E-state index is 4.73. The minimum absolute atomic E-state index is 0.713. The zero-order valence-electron chi connectivity index (χ0n) is 7.62. The number of nitrogens with one attached hydrogen (secondary N) is 1. The summed E-state index contributed by atoms with van der Waals surface area (Å²) < 4.78 is 0. The quantitative estimate of drug-likeness (QED) is 0.780. The average molecular weight is 194 g/mol. The first-order chi connectivity index (χ1) is 6.43. The highest BCUT2D eigenvalue weighted by molar-refractivity contribution is 7.09. The molecule has 1 saturated heterocycles. The van der Waals surface area contributed by atoms with Gasteiger partial charge in [0, 0.05) is 30.3 Å². The van der Waals surface area contributed by atoms with E-state index in [1.165, 1.54) is 30.0 Å². The predicted molar refractivity (Wildman–Crippen MR) is 54.3 cm³/mol. The number of rotatable bonds is 2. The van der Waals surface area contributed by atoms with E-state index in [0.29, 0.717) is 5.92 Å². The average Bonchev–Trinajstić information content (AvgIpc) is 2.29. The van der Waals surface area contributed by atoms with Crippen LogP contribution in [0.2, 0.25) is 0 Å². The Balaban J connectivity index is 1.76. The molecule has 13 heavy (non-hydrogen) atoms. The molecule has 2 fully saturated rings. The summed E-state index contributed by atoms with van der Waals surface area (Å²) in [6.45, 7) is 2.27. The van der Waals surface area contributed by atoms with Gasteiger partial charge in [-0.2, -0.15) is 0 Å². The third-order valence-electron chi connectivity index (χ3n) is 3.19. The summed E-state index contributed by atoms with van der Waals surface area (Å²) in [4.78, 5) is 4.73. The Labute approximate surface area is 82.4 Å². The number of hydrogen-bond donors (Lipinski definition) is 1. The van der Waals surface area contributed by atoms with E-state index in [1.54, 1.807) is 0 Å². The van der Waals surface area contributed by atoms with Crippen molar-refractivity contribution in [1.82, 2.24) is 10.3 Å². The first kappa shape index (κ1) is 7.94. The van der Waals surface area contributed by atoms with Gasteiger partial charge in [0.25, 0.3) is 0 Å². The van der Waals surface area contributed by atoms with Gasteiger partial charge in [-0.3, -0.25) is 0 Å². The molecule has 2 heterocycles. The number of thiazole rings is 1. The van der Waals surface area contributed by atoms with Crippen molar-refractivity contribution in [2.45, 2.75) is 31.1 Å². The molecule has 3 rings (SSSR count). The van der Waals surface area contributed by atoms with Gasteiger partial charge >= 0.3 is 0 Å². The molecule has 70 valence electrons. The van der Waals surface area contributed by atoms with Crippen LogP contribution in [0.1, 0.15) is 41.8 Å². The fraction of sp³-hybridized carbons (Fsp3) is 0.700. The molecule has 1 aliphatic heterocycles. The Morgan fingerprint density at radius 3 is 2.69 bits per heavy atom. The van der Waals surface area contributed by atoms with Crippen molar-refractivity contribution in [3.05, 3.63) is 16.1 Å². The number of hydrogen-bond acceptors (Lipinski definition) is 3. The monoisotopic (exact) mass is 194 g/mol. The second kappa shape index (κ2) is 3.07. The van der Waals surface area contributed by atoms with Gasteiger partial charge in [-0.15, -0.1) is 11.3 Å². The van der Waals surface area contributed by atoms with Crippen molar-refractivity contribution in [3.8, 4) is 0 Å². The first-order valence-electron chi connectivity index (χ1n) is 5.09. The molecule has 1 aromatic rings. The highest BCUT2D eigenvalue weighted by Gasteiger charge is 2.26. The minimum Gasteiger partial charge on any atom is -0.315 e. The first-order valence-corrected chi connectivity index (χ1v) is 5.97. The number of nitrogens with zero attached hydrogens (tertiary/aromatic N) is 1. The summed E-state index contributed by atoms with van der Waals surface area (Å²) in [5.74, 6) is 1.52. The second-order valence-electron chi connectivity index (χ2n) is 4.09. The normalized spacial score (nSPS) is 24.0. The third-order valence-corrected chi connectivity index (χ3v) is 4.22. The highest BCUT2D eigenvalue weighted by atomic mass is 32.1. The van der Waals surface area contributed by atoms with Crippen LogP contribution in [0.25, 0.3) is 0 Å². The van der Waals surface area contributed by atoms with E-state index < -0.39 is 0 Å². The Morgan fingerprint density at radius 1 is 1.31 bits per heavy atom. The largest absolute Gasteiger partial charge is 0.315 e. The Kier molecular flexibility index (Phi) is 1.87. The van der Waals surface area contributed by atoms with Gasteiger partial charge in [0.05, 0.1) is 10.7 Å². The van der Waals surface area contributed by atoms with Crippen LogP contribution in [0.5, 0.6) is 0 Å². The lowest BCUT2D eigenvalue weighted by Gasteiger charge is -2.26.